The van der Waals surface area contributed by atoms with Crippen molar-refractivity contribution in [3.05, 3.63) is 48.3 Å². The van der Waals surface area contributed by atoms with Crippen LogP contribution in [0.3, 0.4) is 0 Å². The number of H-pyrrole nitrogens is 1. The van der Waals surface area contributed by atoms with Crippen LogP contribution in [0.5, 0.6) is 0 Å². The topological polar surface area (TPSA) is 56.9 Å². The smallest absolute Gasteiger partial charge is 0.221 e. The van der Waals surface area contributed by atoms with Gasteiger partial charge in [0, 0.05) is 37.2 Å². The van der Waals surface area contributed by atoms with Crippen LogP contribution in [0.1, 0.15) is 12.5 Å². The number of nitrogens with one attached hydrogen (secondary N) is 3. The Morgan fingerprint density at radius 3 is 2.82 bits per heavy atom. The van der Waals surface area contributed by atoms with E-state index in [1.807, 2.05) is 42.7 Å². The van der Waals surface area contributed by atoms with Crippen LogP contribution in [0.25, 0.3) is 0 Å². The summed E-state index contributed by atoms with van der Waals surface area (Å²) in [5.74, 6) is -0.0622. The van der Waals surface area contributed by atoms with Crippen molar-refractivity contribution in [1.29, 1.82) is 0 Å². The molecule has 17 heavy (non-hydrogen) atoms. The molecule has 0 saturated heterocycles. The molecule has 2 aromatic rings. The van der Waals surface area contributed by atoms with Crippen LogP contribution in [0.15, 0.2) is 42.7 Å². The van der Waals surface area contributed by atoms with E-state index < -0.39 is 0 Å². The molecule has 0 fully saturated rings. The van der Waals surface area contributed by atoms with Crippen LogP contribution in [-0.4, -0.2) is 10.9 Å². The monoisotopic (exact) mass is 229 g/mol. The molecule has 1 amide bonds. The third-order valence-corrected chi connectivity index (χ3v) is 2.34. The first-order chi connectivity index (χ1) is 8.24. The highest BCUT2D eigenvalue weighted by Crippen LogP contribution is 2.15. The van der Waals surface area contributed by atoms with Crippen molar-refractivity contribution in [3.8, 4) is 0 Å². The second kappa shape index (κ2) is 5.21. The van der Waals surface area contributed by atoms with Gasteiger partial charge in [0.2, 0.25) is 5.91 Å². The van der Waals surface area contributed by atoms with Crippen LogP contribution in [-0.2, 0) is 11.3 Å². The third-order valence-electron chi connectivity index (χ3n) is 2.34. The van der Waals surface area contributed by atoms with E-state index in [0.29, 0.717) is 0 Å². The van der Waals surface area contributed by atoms with Gasteiger partial charge in [0.25, 0.3) is 0 Å². The summed E-state index contributed by atoms with van der Waals surface area (Å²) in [6.45, 7) is 2.26. The lowest BCUT2D eigenvalue weighted by Gasteiger charge is -2.07. The van der Waals surface area contributed by atoms with E-state index in [1.54, 1.807) is 0 Å². The number of carbonyl (C=O) groups is 1. The second-order valence-corrected chi connectivity index (χ2v) is 3.83. The molecule has 2 rings (SSSR count). The van der Waals surface area contributed by atoms with E-state index in [1.165, 1.54) is 12.5 Å². The van der Waals surface area contributed by atoms with Crippen molar-refractivity contribution >= 4 is 17.3 Å². The minimum atomic E-state index is -0.0622. The molecular weight excluding hydrogens is 214 g/mol. The summed E-state index contributed by atoms with van der Waals surface area (Å²) >= 11 is 0. The highest BCUT2D eigenvalue weighted by atomic mass is 16.1. The van der Waals surface area contributed by atoms with Gasteiger partial charge < -0.3 is 15.6 Å². The van der Waals surface area contributed by atoms with Gasteiger partial charge in [-0.25, -0.2) is 0 Å². The van der Waals surface area contributed by atoms with Crippen molar-refractivity contribution in [2.45, 2.75) is 13.5 Å². The number of rotatable bonds is 4. The van der Waals surface area contributed by atoms with Crippen LogP contribution in [0, 0.1) is 0 Å². The zero-order valence-corrected chi connectivity index (χ0v) is 9.66. The summed E-state index contributed by atoms with van der Waals surface area (Å²) in [6.07, 6.45) is 3.84. The number of carbonyl (C=O) groups excluding carboxylic acids is 1. The van der Waals surface area contributed by atoms with Gasteiger partial charge in [0.05, 0.1) is 0 Å². The van der Waals surface area contributed by atoms with E-state index in [0.717, 1.165) is 17.9 Å². The Bertz CT molecular complexity index is 491. The second-order valence-electron chi connectivity index (χ2n) is 3.83. The maximum absolute atomic E-state index is 10.9. The fourth-order valence-corrected chi connectivity index (χ4v) is 1.58. The molecule has 0 aliphatic rings. The largest absolute Gasteiger partial charge is 0.381 e. The molecule has 1 heterocycles. The maximum atomic E-state index is 10.9. The standard InChI is InChI=1S/C13H15N3O/c1-10(17)16-13-4-2-3-12(7-13)15-9-11-5-6-14-8-11/h2-8,14-15H,9H2,1H3,(H,16,17). The van der Waals surface area contributed by atoms with E-state index in [-0.39, 0.29) is 5.91 Å². The zero-order valence-electron chi connectivity index (χ0n) is 9.66. The van der Waals surface area contributed by atoms with Crippen LogP contribution >= 0.6 is 0 Å². The number of hydrogen-bond donors (Lipinski definition) is 3. The van der Waals surface area contributed by atoms with Crippen molar-refractivity contribution in [2.24, 2.45) is 0 Å². The Kier molecular flexibility index (Phi) is 3.45. The molecular formula is C13H15N3O. The fraction of sp³-hybridized carbons (Fsp3) is 0.154. The van der Waals surface area contributed by atoms with E-state index in [4.69, 9.17) is 0 Å². The van der Waals surface area contributed by atoms with Crippen LogP contribution in [0.2, 0.25) is 0 Å². The van der Waals surface area contributed by atoms with Gasteiger partial charge in [-0.2, -0.15) is 0 Å². The van der Waals surface area contributed by atoms with Gasteiger partial charge >= 0.3 is 0 Å². The molecule has 0 atom stereocenters. The van der Waals surface area contributed by atoms with Gasteiger partial charge in [-0.05, 0) is 29.8 Å². The van der Waals surface area contributed by atoms with Crippen molar-refractivity contribution in [3.63, 3.8) is 0 Å². The molecule has 0 saturated carbocycles. The molecule has 0 aliphatic heterocycles. The van der Waals surface area contributed by atoms with E-state index >= 15 is 0 Å². The lowest BCUT2D eigenvalue weighted by molar-refractivity contribution is -0.114. The van der Waals surface area contributed by atoms with Gasteiger partial charge in [0.1, 0.15) is 0 Å². The van der Waals surface area contributed by atoms with Gasteiger partial charge in [-0.3, -0.25) is 4.79 Å². The summed E-state index contributed by atoms with van der Waals surface area (Å²) < 4.78 is 0. The molecule has 1 aromatic carbocycles. The molecule has 0 bridgehead atoms. The Balaban J connectivity index is 1.98. The van der Waals surface area contributed by atoms with Crippen molar-refractivity contribution < 1.29 is 4.79 Å². The predicted octanol–water partition coefficient (Wildman–Crippen LogP) is 2.59. The molecule has 0 unspecified atom stereocenters. The minimum absolute atomic E-state index is 0.0622. The summed E-state index contributed by atoms with van der Waals surface area (Å²) in [6, 6.07) is 9.67. The van der Waals surface area contributed by atoms with E-state index in [9.17, 15) is 4.79 Å². The first-order valence-corrected chi connectivity index (χ1v) is 5.47. The molecule has 0 spiro atoms. The Morgan fingerprint density at radius 1 is 1.29 bits per heavy atom. The van der Waals surface area contributed by atoms with Gasteiger partial charge in [-0.15, -0.1) is 0 Å². The molecule has 88 valence electrons. The first kappa shape index (κ1) is 11.3. The maximum Gasteiger partial charge on any atom is 0.221 e. The Hall–Kier alpha value is -2.23. The Morgan fingerprint density at radius 2 is 2.12 bits per heavy atom. The normalized spacial score (nSPS) is 9.94. The molecule has 0 aliphatic carbocycles. The van der Waals surface area contributed by atoms with Gasteiger partial charge in [-0.1, -0.05) is 6.07 Å². The molecule has 4 nitrogen and oxygen atoms in total. The quantitative estimate of drug-likeness (QED) is 0.754. The number of aromatic nitrogens is 1. The molecule has 1 aromatic heterocycles. The summed E-state index contributed by atoms with van der Waals surface area (Å²) in [5.41, 5.74) is 2.98. The summed E-state index contributed by atoms with van der Waals surface area (Å²) in [5, 5.41) is 6.04. The predicted molar refractivity (Wildman–Crippen MR) is 68.9 cm³/mol. The SMILES string of the molecule is CC(=O)Nc1cccc(NCc2cc[nH]c2)c1. The summed E-state index contributed by atoms with van der Waals surface area (Å²) in [4.78, 5) is 13.9. The Labute approximate surface area is 100 Å². The zero-order chi connectivity index (χ0) is 12.1. The molecule has 0 radical (unpaired) electrons. The summed E-state index contributed by atoms with van der Waals surface area (Å²) in [7, 11) is 0. The average molecular weight is 229 g/mol. The lowest BCUT2D eigenvalue weighted by atomic mass is 10.2. The molecule has 3 N–H and O–H groups in total. The average Bonchev–Trinajstić information content (AvgIpc) is 2.79. The van der Waals surface area contributed by atoms with E-state index in [2.05, 4.69) is 15.6 Å². The lowest BCUT2D eigenvalue weighted by Crippen LogP contribution is -2.06. The third kappa shape index (κ3) is 3.38. The van der Waals surface area contributed by atoms with Crippen molar-refractivity contribution in [2.75, 3.05) is 10.6 Å². The fourth-order valence-electron chi connectivity index (χ4n) is 1.58. The highest BCUT2D eigenvalue weighted by Gasteiger charge is 1.98. The number of hydrogen-bond acceptors (Lipinski definition) is 2. The number of amides is 1. The van der Waals surface area contributed by atoms with Gasteiger partial charge in [0.15, 0.2) is 0 Å². The number of aromatic amines is 1. The highest BCUT2D eigenvalue weighted by molar-refractivity contribution is 5.89. The first-order valence-electron chi connectivity index (χ1n) is 5.47. The van der Waals surface area contributed by atoms with Crippen molar-refractivity contribution in [1.82, 2.24) is 4.98 Å². The number of anilines is 2. The molecule has 4 heteroatoms. The number of benzene rings is 1. The minimum Gasteiger partial charge on any atom is -0.381 e. The van der Waals surface area contributed by atoms with Crippen LogP contribution < -0.4 is 10.6 Å². The van der Waals surface area contributed by atoms with Crippen LogP contribution in [0.4, 0.5) is 11.4 Å².